The van der Waals surface area contributed by atoms with Crippen LogP contribution in [0.3, 0.4) is 0 Å². The maximum atomic E-state index is 12.1. The van der Waals surface area contributed by atoms with E-state index in [0.29, 0.717) is 18.7 Å². The van der Waals surface area contributed by atoms with E-state index >= 15 is 0 Å². The number of carbonyl (C=O) groups is 1. The summed E-state index contributed by atoms with van der Waals surface area (Å²) in [6.45, 7) is 2.27. The molecule has 1 amide bonds. The molecule has 1 N–H and O–H groups in total. The quantitative estimate of drug-likeness (QED) is 0.860. The first-order valence-corrected chi connectivity index (χ1v) is 8.61. The number of hydrogen-bond acceptors (Lipinski definition) is 4. The first kappa shape index (κ1) is 15.6. The molecule has 1 saturated heterocycles. The lowest BCUT2D eigenvalue weighted by Gasteiger charge is -2.22. The van der Waals surface area contributed by atoms with E-state index in [1.165, 1.54) is 18.2 Å². The van der Waals surface area contributed by atoms with Crippen molar-refractivity contribution < 1.29 is 17.9 Å². The number of anilines is 1. The van der Waals surface area contributed by atoms with Gasteiger partial charge in [-0.05, 0) is 38.0 Å². The van der Waals surface area contributed by atoms with Gasteiger partial charge in [-0.3, -0.25) is 4.79 Å². The van der Waals surface area contributed by atoms with E-state index in [1.54, 1.807) is 6.92 Å². The van der Waals surface area contributed by atoms with Gasteiger partial charge in [-0.2, -0.15) is 0 Å². The first-order chi connectivity index (χ1) is 9.22. The summed E-state index contributed by atoms with van der Waals surface area (Å²) in [5.41, 5.74) is -0.468. The lowest BCUT2D eigenvalue weighted by molar-refractivity contribution is -0.133. The molecule has 20 heavy (non-hydrogen) atoms. The summed E-state index contributed by atoms with van der Waals surface area (Å²) >= 11 is 5.85. The molecule has 0 spiro atoms. The predicted octanol–water partition coefficient (Wildman–Crippen LogP) is 2.78. The zero-order valence-corrected chi connectivity index (χ0v) is 13.0. The Hall–Kier alpha value is -0.820. The van der Waals surface area contributed by atoms with Gasteiger partial charge in [0.1, 0.15) is 10.5 Å². The summed E-state index contributed by atoms with van der Waals surface area (Å²) < 4.78 is 27.9. The molecular formula is C12H13Cl2NO4S. The van der Waals surface area contributed by atoms with Crippen LogP contribution >= 0.6 is 22.3 Å². The number of carbonyl (C=O) groups excluding carboxylic acids is 1. The van der Waals surface area contributed by atoms with Crippen molar-refractivity contribution in [2.45, 2.75) is 30.3 Å². The number of amides is 1. The number of halogens is 2. The third kappa shape index (κ3) is 3.25. The number of rotatable bonds is 3. The minimum absolute atomic E-state index is 0.0460. The van der Waals surface area contributed by atoms with Gasteiger partial charge in [-0.15, -0.1) is 0 Å². The number of benzene rings is 1. The summed E-state index contributed by atoms with van der Waals surface area (Å²) in [4.78, 5) is 11.9. The van der Waals surface area contributed by atoms with E-state index < -0.39 is 14.7 Å². The zero-order chi connectivity index (χ0) is 15.0. The van der Waals surface area contributed by atoms with Crippen LogP contribution in [0.2, 0.25) is 5.02 Å². The minimum Gasteiger partial charge on any atom is -0.365 e. The van der Waals surface area contributed by atoms with Crippen LogP contribution in [0.15, 0.2) is 23.1 Å². The molecule has 0 bridgehead atoms. The number of hydrogen-bond donors (Lipinski definition) is 1. The summed E-state index contributed by atoms with van der Waals surface area (Å²) in [5.74, 6) is -0.285. The van der Waals surface area contributed by atoms with E-state index in [-0.39, 0.29) is 15.8 Å². The molecule has 1 fully saturated rings. The fourth-order valence-electron chi connectivity index (χ4n) is 2.00. The van der Waals surface area contributed by atoms with Gasteiger partial charge in [0.2, 0.25) is 0 Å². The van der Waals surface area contributed by atoms with Crippen LogP contribution in [0.5, 0.6) is 0 Å². The normalized spacial score (nSPS) is 22.8. The van der Waals surface area contributed by atoms with Crippen LogP contribution in [0.25, 0.3) is 0 Å². The highest BCUT2D eigenvalue weighted by molar-refractivity contribution is 8.13. The van der Waals surface area contributed by atoms with E-state index in [0.717, 1.165) is 6.42 Å². The van der Waals surface area contributed by atoms with Gasteiger partial charge < -0.3 is 10.1 Å². The number of nitrogens with one attached hydrogen (secondary N) is 1. The molecule has 8 heteroatoms. The van der Waals surface area contributed by atoms with Crippen molar-refractivity contribution in [3.8, 4) is 0 Å². The molecule has 2 rings (SSSR count). The van der Waals surface area contributed by atoms with Crippen molar-refractivity contribution in [2.75, 3.05) is 11.9 Å². The Morgan fingerprint density at radius 3 is 2.65 bits per heavy atom. The van der Waals surface area contributed by atoms with E-state index in [2.05, 4.69) is 5.32 Å². The predicted molar refractivity (Wildman–Crippen MR) is 76.7 cm³/mol. The first-order valence-electron chi connectivity index (χ1n) is 5.92. The van der Waals surface area contributed by atoms with Crippen molar-refractivity contribution >= 4 is 42.9 Å². The van der Waals surface area contributed by atoms with Crippen molar-refractivity contribution in [3.05, 3.63) is 23.2 Å². The van der Waals surface area contributed by atoms with Crippen LogP contribution < -0.4 is 5.32 Å². The summed E-state index contributed by atoms with van der Waals surface area (Å²) in [6, 6.07) is 4.02. The maximum Gasteiger partial charge on any atom is 0.262 e. The van der Waals surface area contributed by atoms with Crippen molar-refractivity contribution in [2.24, 2.45) is 0 Å². The molecule has 1 heterocycles. The molecule has 0 aromatic heterocycles. The highest BCUT2D eigenvalue weighted by Gasteiger charge is 2.37. The molecule has 1 aliphatic rings. The molecule has 5 nitrogen and oxygen atoms in total. The smallest absolute Gasteiger partial charge is 0.262 e. The molecule has 1 aromatic rings. The second kappa shape index (κ2) is 5.52. The highest BCUT2D eigenvalue weighted by Crippen LogP contribution is 2.30. The Morgan fingerprint density at radius 1 is 1.45 bits per heavy atom. The second-order valence-electron chi connectivity index (χ2n) is 4.72. The topological polar surface area (TPSA) is 72.5 Å². The van der Waals surface area contributed by atoms with E-state index in [4.69, 9.17) is 27.0 Å². The van der Waals surface area contributed by atoms with Gasteiger partial charge >= 0.3 is 0 Å². The Bertz CT molecular complexity index is 639. The SMILES string of the molecule is CC1(C(=O)Nc2ccc(S(=O)(=O)Cl)c(Cl)c2)CCCO1. The lowest BCUT2D eigenvalue weighted by atomic mass is 10.0. The largest absolute Gasteiger partial charge is 0.365 e. The molecule has 0 saturated carbocycles. The van der Waals surface area contributed by atoms with Crippen LogP contribution in [0.4, 0.5) is 5.69 Å². The molecular weight excluding hydrogens is 325 g/mol. The fraction of sp³-hybridized carbons (Fsp3) is 0.417. The van der Waals surface area contributed by atoms with Gasteiger partial charge in [0.25, 0.3) is 15.0 Å². The van der Waals surface area contributed by atoms with E-state index in [9.17, 15) is 13.2 Å². The maximum absolute atomic E-state index is 12.1. The lowest BCUT2D eigenvalue weighted by Crippen LogP contribution is -2.39. The monoisotopic (exact) mass is 337 g/mol. The molecule has 1 aliphatic heterocycles. The van der Waals surface area contributed by atoms with Crippen molar-refractivity contribution in [3.63, 3.8) is 0 Å². The molecule has 110 valence electrons. The fourth-order valence-corrected chi connectivity index (χ4v) is 3.53. The average molecular weight is 338 g/mol. The van der Waals surface area contributed by atoms with Crippen molar-refractivity contribution in [1.29, 1.82) is 0 Å². The van der Waals surface area contributed by atoms with Crippen LogP contribution in [-0.2, 0) is 18.6 Å². The molecule has 0 aliphatic carbocycles. The molecule has 0 radical (unpaired) electrons. The van der Waals surface area contributed by atoms with Gasteiger partial charge in [0, 0.05) is 23.0 Å². The molecule has 1 unspecified atom stereocenters. The molecule has 1 aromatic carbocycles. The van der Waals surface area contributed by atoms with Gasteiger partial charge in [-0.25, -0.2) is 8.42 Å². The second-order valence-corrected chi connectivity index (χ2v) is 7.66. The van der Waals surface area contributed by atoms with Crippen LogP contribution in [0.1, 0.15) is 19.8 Å². The van der Waals surface area contributed by atoms with Gasteiger partial charge in [0.05, 0.1) is 5.02 Å². The Balaban J connectivity index is 2.19. The molecule has 1 atom stereocenters. The Kier molecular flexibility index (Phi) is 4.30. The van der Waals surface area contributed by atoms with Gasteiger partial charge in [0.15, 0.2) is 0 Å². The summed E-state index contributed by atoms with van der Waals surface area (Å²) in [6.07, 6.45) is 1.47. The summed E-state index contributed by atoms with van der Waals surface area (Å²) in [7, 11) is 1.32. The third-order valence-electron chi connectivity index (χ3n) is 3.15. The average Bonchev–Trinajstić information content (AvgIpc) is 2.76. The Morgan fingerprint density at radius 2 is 2.15 bits per heavy atom. The third-order valence-corrected chi connectivity index (χ3v) is 4.96. The van der Waals surface area contributed by atoms with Crippen LogP contribution in [0, 0.1) is 0 Å². The standard InChI is InChI=1S/C12H13Cl2NO4S/c1-12(5-2-6-19-12)11(16)15-8-3-4-10(9(13)7-8)20(14,17)18/h3-4,7H,2,5-6H2,1H3,(H,15,16). The summed E-state index contributed by atoms with van der Waals surface area (Å²) in [5, 5.41) is 2.61. The van der Waals surface area contributed by atoms with Crippen LogP contribution in [-0.4, -0.2) is 26.5 Å². The zero-order valence-electron chi connectivity index (χ0n) is 10.7. The number of ether oxygens (including phenoxy) is 1. The van der Waals surface area contributed by atoms with Crippen molar-refractivity contribution in [1.82, 2.24) is 0 Å². The Labute approximate surface area is 126 Å². The minimum atomic E-state index is -3.90. The highest BCUT2D eigenvalue weighted by atomic mass is 35.7. The van der Waals surface area contributed by atoms with E-state index in [1.807, 2.05) is 0 Å². The van der Waals surface area contributed by atoms with Gasteiger partial charge in [-0.1, -0.05) is 11.6 Å².